The van der Waals surface area contributed by atoms with Crippen LogP contribution in [-0.2, 0) is 4.74 Å². The van der Waals surface area contributed by atoms with Crippen molar-refractivity contribution in [2.75, 3.05) is 13.2 Å². The second kappa shape index (κ2) is 3.86. The summed E-state index contributed by atoms with van der Waals surface area (Å²) in [7, 11) is 0. The molecule has 0 bridgehead atoms. The zero-order valence-electron chi connectivity index (χ0n) is 6.80. The molecule has 4 heteroatoms. The molecule has 1 aromatic rings. The molecule has 70 valence electrons. The number of hydrogen-bond donors (Lipinski definition) is 0. The van der Waals surface area contributed by atoms with Crippen molar-refractivity contribution in [3.05, 3.63) is 27.7 Å². The second-order valence-electron chi connectivity index (χ2n) is 2.85. The molecule has 0 aliphatic carbocycles. The molecular formula is C9H8BrClO2. The Bertz CT molecular complexity index is 312. The first-order valence-corrected chi connectivity index (χ1v) is 5.12. The monoisotopic (exact) mass is 262 g/mol. The van der Waals surface area contributed by atoms with Crippen LogP contribution >= 0.6 is 27.5 Å². The lowest BCUT2D eigenvalue weighted by molar-refractivity contribution is -0.0799. The smallest absolute Gasteiger partial charge is 0.145 e. The molecule has 1 heterocycles. The van der Waals surface area contributed by atoms with E-state index in [4.69, 9.17) is 21.1 Å². The molecule has 13 heavy (non-hydrogen) atoms. The first kappa shape index (κ1) is 9.31. The van der Waals surface area contributed by atoms with Gasteiger partial charge in [-0.25, -0.2) is 0 Å². The molecular weight excluding hydrogens is 255 g/mol. The van der Waals surface area contributed by atoms with Gasteiger partial charge in [0.15, 0.2) is 0 Å². The first-order chi connectivity index (χ1) is 6.25. The SMILES string of the molecule is Clc1ccc(Br)c(OC2COC2)c1. The average molecular weight is 264 g/mol. The van der Waals surface area contributed by atoms with Gasteiger partial charge in [0.25, 0.3) is 0 Å². The summed E-state index contributed by atoms with van der Waals surface area (Å²) in [5, 5.41) is 0.679. The van der Waals surface area contributed by atoms with Crippen LogP contribution in [0.25, 0.3) is 0 Å². The van der Waals surface area contributed by atoms with E-state index in [1.165, 1.54) is 0 Å². The molecule has 1 aliphatic rings. The van der Waals surface area contributed by atoms with Gasteiger partial charge in [0.1, 0.15) is 11.9 Å². The summed E-state index contributed by atoms with van der Waals surface area (Å²) in [6.45, 7) is 1.33. The summed E-state index contributed by atoms with van der Waals surface area (Å²) in [5.41, 5.74) is 0. The van der Waals surface area contributed by atoms with E-state index in [2.05, 4.69) is 15.9 Å². The molecule has 0 atom stereocenters. The van der Waals surface area contributed by atoms with Crippen LogP contribution in [0.5, 0.6) is 5.75 Å². The molecule has 1 aromatic carbocycles. The zero-order valence-corrected chi connectivity index (χ0v) is 9.14. The summed E-state index contributed by atoms with van der Waals surface area (Å²) in [6, 6.07) is 5.48. The van der Waals surface area contributed by atoms with Gasteiger partial charge < -0.3 is 9.47 Å². The van der Waals surface area contributed by atoms with Crippen molar-refractivity contribution >= 4 is 27.5 Å². The number of hydrogen-bond acceptors (Lipinski definition) is 2. The van der Waals surface area contributed by atoms with Crippen molar-refractivity contribution in [1.29, 1.82) is 0 Å². The molecule has 0 spiro atoms. The summed E-state index contributed by atoms with van der Waals surface area (Å²) in [6.07, 6.45) is 0.176. The molecule has 2 rings (SSSR count). The van der Waals surface area contributed by atoms with Gasteiger partial charge in [-0.05, 0) is 34.1 Å². The largest absolute Gasteiger partial charge is 0.484 e. The first-order valence-electron chi connectivity index (χ1n) is 3.95. The minimum Gasteiger partial charge on any atom is -0.484 e. The summed E-state index contributed by atoms with van der Waals surface area (Å²) in [5.74, 6) is 0.779. The van der Waals surface area contributed by atoms with Crippen LogP contribution in [0.2, 0.25) is 5.02 Å². The third-order valence-electron chi connectivity index (χ3n) is 1.79. The van der Waals surface area contributed by atoms with Crippen molar-refractivity contribution in [3.8, 4) is 5.75 Å². The topological polar surface area (TPSA) is 18.5 Å². The van der Waals surface area contributed by atoms with Crippen LogP contribution < -0.4 is 4.74 Å². The Kier molecular flexibility index (Phi) is 2.77. The number of rotatable bonds is 2. The van der Waals surface area contributed by atoms with Gasteiger partial charge in [-0.3, -0.25) is 0 Å². The quantitative estimate of drug-likeness (QED) is 0.817. The lowest BCUT2D eigenvalue weighted by atomic mass is 10.3. The highest BCUT2D eigenvalue weighted by Crippen LogP contribution is 2.29. The molecule has 0 aromatic heterocycles. The van der Waals surface area contributed by atoms with Gasteiger partial charge in [0.05, 0.1) is 17.7 Å². The van der Waals surface area contributed by atoms with Crippen molar-refractivity contribution < 1.29 is 9.47 Å². The Hall–Kier alpha value is -0.250. The van der Waals surface area contributed by atoms with E-state index in [0.29, 0.717) is 18.2 Å². The lowest BCUT2D eigenvalue weighted by Crippen LogP contribution is -2.38. The number of halogens is 2. The predicted molar refractivity (Wildman–Crippen MR) is 54.4 cm³/mol. The maximum Gasteiger partial charge on any atom is 0.145 e. The molecule has 1 fully saturated rings. The molecule has 1 saturated heterocycles. The Morgan fingerprint density at radius 2 is 2.23 bits per heavy atom. The highest BCUT2D eigenvalue weighted by Gasteiger charge is 2.20. The Labute approximate surface area is 89.9 Å². The van der Waals surface area contributed by atoms with Gasteiger partial charge in [-0.1, -0.05) is 11.6 Å². The standard InChI is InChI=1S/C9H8BrClO2/c10-8-2-1-6(11)3-9(8)13-7-4-12-5-7/h1-3,7H,4-5H2. The van der Waals surface area contributed by atoms with Crippen molar-refractivity contribution in [3.63, 3.8) is 0 Å². The van der Waals surface area contributed by atoms with Gasteiger partial charge in [0, 0.05) is 5.02 Å². The lowest BCUT2D eigenvalue weighted by Gasteiger charge is -2.27. The number of benzene rings is 1. The van der Waals surface area contributed by atoms with Crippen LogP contribution in [-0.4, -0.2) is 19.3 Å². The molecule has 0 N–H and O–H groups in total. The van der Waals surface area contributed by atoms with Crippen LogP contribution in [0.15, 0.2) is 22.7 Å². The average Bonchev–Trinajstić information content (AvgIpc) is 2.03. The molecule has 0 amide bonds. The van der Waals surface area contributed by atoms with Gasteiger partial charge >= 0.3 is 0 Å². The number of ether oxygens (including phenoxy) is 2. The fourth-order valence-electron chi connectivity index (χ4n) is 1.03. The van der Waals surface area contributed by atoms with Gasteiger partial charge in [0.2, 0.25) is 0 Å². The highest BCUT2D eigenvalue weighted by molar-refractivity contribution is 9.10. The van der Waals surface area contributed by atoms with Crippen molar-refractivity contribution in [2.45, 2.75) is 6.10 Å². The Morgan fingerprint density at radius 1 is 1.46 bits per heavy atom. The van der Waals surface area contributed by atoms with Crippen LogP contribution in [0.1, 0.15) is 0 Å². The fourth-order valence-corrected chi connectivity index (χ4v) is 1.53. The van der Waals surface area contributed by atoms with E-state index in [0.717, 1.165) is 10.2 Å². The minimum atomic E-state index is 0.176. The Morgan fingerprint density at radius 3 is 2.85 bits per heavy atom. The zero-order chi connectivity index (χ0) is 9.26. The van der Waals surface area contributed by atoms with E-state index >= 15 is 0 Å². The van der Waals surface area contributed by atoms with Gasteiger partial charge in [-0.2, -0.15) is 0 Å². The molecule has 0 unspecified atom stereocenters. The summed E-state index contributed by atoms with van der Waals surface area (Å²) < 4.78 is 11.5. The maximum atomic E-state index is 5.83. The van der Waals surface area contributed by atoms with E-state index in [-0.39, 0.29) is 6.10 Å². The van der Waals surface area contributed by atoms with Crippen LogP contribution in [0, 0.1) is 0 Å². The maximum absolute atomic E-state index is 5.83. The summed E-state index contributed by atoms with van der Waals surface area (Å²) >= 11 is 9.22. The molecule has 1 aliphatic heterocycles. The van der Waals surface area contributed by atoms with Crippen molar-refractivity contribution in [1.82, 2.24) is 0 Å². The predicted octanol–water partition coefficient (Wildman–Crippen LogP) is 2.88. The normalized spacial score (nSPS) is 16.8. The third-order valence-corrected chi connectivity index (χ3v) is 2.68. The van der Waals surface area contributed by atoms with E-state index in [1.54, 1.807) is 6.07 Å². The second-order valence-corrected chi connectivity index (χ2v) is 4.14. The van der Waals surface area contributed by atoms with E-state index < -0.39 is 0 Å². The van der Waals surface area contributed by atoms with E-state index in [9.17, 15) is 0 Å². The molecule has 0 saturated carbocycles. The van der Waals surface area contributed by atoms with E-state index in [1.807, 2.05) is 12.1 Å². The molecule has 0 radical (unpaired) electrons. The van der Waals surface area contributed by atoms with Crippen LogP contribution in [0.4, 0.5) is 0 Å². The van der Waals surface area contributed by atoms with Crippen molar-refractivity contribution in [2.24, 2.45) is 0 Å². The summed E-state index contributed by atoms with van der Waals surface area (Å²) in [4.78, 5) is 0. The third kappa shape index (κ3) is 2.16. The Balaban J connectivity index is 2.13. The van der Waals surface area contributed by atoms with Gasteiger partial charge in [-0.15, -0.1) is 0 Å². The molecule has 2 nitrogen and oxygen atoms in total. The van der Waals surface area contributed by atoms with Crippen LogP contribution in [0.3, 0.4) is 0 Å². The minimum absolute atomic E-state index is 0.176. The fraction of sp³-hybridized carbons (Fsp3) is 0.333. The highest BCUT2D eigenvalue weighted by atomic mass is 79.9.